The van der Waals surface area contributed by atoms with Crippen molar-refractivity contribution in [2.75, 3.05) is 18.2 Å². The minimum atomic E-state index is -0.490. The number of amides is 1. The molecule has 10 heteroatoms. The van der Waals surface area contributed by atoms with E-state index >= 15 is 0 Å². The number of nitrogens with one attached hydrogen (secondary N) is 1. The lowest BCUT2D eigenvalue weighted by Crippen LogP contribution is -2.14. The molecule has 0 unspecified atom stereocenters. The zero-order valence-corrected chi connectivity index (χ0v) is 16.0. The van der Waals surface area contributed by atoms with Crippen LogP contribution in [0.25, 0.3) is 5.69 Å². The molecule has 0 aliphatic carbocycles. The number of carbonyl (C=O) groups excluding carboxylic acids is 1. The summed E-state index contributed by atoms with van der Waals surface area (Å²) in [6.07, 6.45) is 0. The fourth-order valence-electron chi connectivity index (χ4n) is 2.46. The molecule has 1 aromatic heterocycles. The Kier molecular flexibility index (Phi) is 5.90. The average molecular weight is 399 g/mol. The zero-order chi connectivity index (χ0) is 20.1. The van der Waals surface area contributed by atoms with Crippen molar-refractivity contribution in [1.29, 1.82) is 0 Å². The molecular weight excluding hydrogens is 382 g/mol. The third-order valence-electron chi connectivity index (χ3n) is 3.82. The summed E-state index contributed by atoms with van der Waals surface area (Å²) in [6.45, 7) is 1.83. The van der Waals surface area contributed by atoms with E-state index in [0.717, 1.165) is 11.4 Å². The van der Waals surface area contributed by atoms with Crippen molar-refractivity contribution in [2.24, 2.45) is 0 Å². The summed E-state index contributed by atoms with van der Waals surface area (Å²) >= 11 is 1.25. The lowest BCUT2D eigenvalue weighted by molar-refractivity contribution is -0.384. The quantitative estimate of drug-likeness (QED) is 0.369. The topological polar surface area (TPSA) is 112 Å². The minimum absolute atomic E-state index is 0.0320. The van der Waals surface area contributed by atoms with Crippen LogP contribution < -0.4 is 10.1 Å². The highest BCUT2D eigenvalue weighted by atomic mass is 32.2. The Morgan fingerprint density at radius 3 is 2.46 bits per heavy atom. The van der Waals surface area contributed by atoms with E-state index in [2.05, 4.69) is 15.5 Å². The third kappa shape index (κ3) is 4.46. The Hall–Kier alpha value is -3.40. The first-order chi connectivity index (χ1) is 13.5. The summed E-state index contributed by atoms with van der Waals surface area (Å²) < 4.78 is 7.02. The second-order valence-electron chi connectivity index (χ2n) is 5.70. The normalized spacial score (nSPS) is 10.5. The van der Waals surface area contributed by atoms with Gasteiger partial charge in [0.05, 0.1) is 17.8 Å². The van der Waals surface area contributed by atoms with Crippen molar-refractivity contribution in [3.8, 4) is 11.4 Å². The van der Waals surface area contributed by atoms with Gasteiger partial charge in [0.15, 0.2) is 5.16 Å². The first kappa shape index (κ1) is 19.4. The number of methoxy groups -OCH3 is 1. The van der Waals surface area contributed by atoms with Crippen LogP contribution in [-0.4, -0.2) is 38.5 Å². The molecule has 9 nitrogen and oxygen atoms in total. The van der Waals surface area contributed by atoms with Crippen LogP contribution in [0.15, 0.2) is 53.7 Å². The first-order valence-electron chi connectivity index (χ1n) is 8.21. The maximum Gasteiger partial charge on any atom is 0.269 e. The number of nitro groups is 1. The van der Waals surface area contributed by atoms with Gasteiger partial charge in [-0.15, -0.1) is 10.2 Å². The van der Waals surface area contributed by atoms with Gasteiger partial charge in [-0.05, 0) is 43.3 Å². The second-order valence-corrected chi connectivity index (χ2v) is 6.65. The smallest absolute Gasteiger partial charge is 0.269 e. The lowest BCUT2D eigenvalue weighted by atomic mass is 10.3. The van der Waals surface area contributed by atoms with Crippen LogP contribution in [0, 0.1) is 17.0 Å². The summed E-state index contributed by atoms with van der Waals surface area (Å²) in [7, 11) is 1.60. The third-order valence-corrected chi connectivity index (χ3v) is 4.75. The maximum absolute atomic E-state index is 12.2. The van der Waals surface area contributed by atoms with E-state index in [1.54, 1.807) is 7.11 Å². The zero-order valence-electron chi connectivity index (χ0n) is 15.2. The number of ether oxygens (including phenoxy) is 1. The average Bonchev–Trinajstić information content (AvgIpc) is 3.07. The van der Waals surface area contributed by atoms with Crippen molar-refractivity contribution in [2.45, 2.75) is 12.1 Å². The van der Waals surface area contributed by atoms with Gasteiger partial charge in [0, 0.05) is 23.5 Å². The molecule has 3 rings (SSSR count). The van der Waals surface area contributed by atoms with Crippen LogP contribution in [0.1, 0.15) is 5.82 Å². The number of hydrogen-bond donors (Lipinski definition) is 1. The van der Waals surface area contributed by atoms with Crippen molar-refractivity contribution in [3.63, 3.8) is 0 Å². The SMILES string of the molecule is COc1ccc(-n2c(C)nnc2SCC(=O)Nc2ccc([N+](=O)[O-])cc2)cc1. The van der Waals surface area contributed by atoms with Gasteiger partial charge in [-0.2, -0.15) is 0 Å². The summed E-state index contributed by atoms with van der Waals surface area (Å²) in [5.74, 6) is 1.31. The van der Waals surface area contributed by atoms with E-state index in [0.29, 0.717) is 16.7 Å². The van der Waals surface area contributed by atoms with Crippen LogP contribution in [-0.2, 0) is 4.79 Å². The lowest BCUT2D eigenvalue weighted by Gasteiger charge is -2.09. The Labute approximate surface area is 164 Å². The number of non-ortho nitro benzene ring substituents is 1. The van der Waals surface area contributed by atoms with E-state index in [1.807, 2.05) is 35.8 Å². The van der Waals surface area contributed by atoms with Gasteiger partial charge < -0.3 is 10.1 Å². The molecule has 0 saturated carbocycles. The van der Waals surface area contributed by atoms with E-state index in [-0.39, 0.29) is 17.3 Å². The van der Waals surface area contributed by atoms with Gasteiger partial charge in [0.2, 0.25) is 5.91 Å². The highest BCUT2D eigenvalue weighted by Crippen LogP contribution is 2.24. The number of hydrogen-bond acceptors (Lipinski definition) is 7. The molecule has 1 heterocycles. The first-order valence-corrected chi connectivity index (χ1v) is 9.20. The molecule has 0 radical (unpaired) electrons. The van der Waals surface area contributed by atoms with E-state index in [4.69, 9.17) is 4.74 Å². The van der Waals surface area contributed by atoms with Crippen LogP contribution >= 0.6 is 11.8 Å². The predicted molar refractivity (Wildman–Crippen MR) is 105 cm³/mol. The molecule has 0 fully saturated rings. The summed E-state index contributed by atoms with van der Waals surface area (Å²) in [4.78, 5) is 22.4. The molecule has 3 aromatic rings. The summed E-state index contributed by atoms with van der Waals surface area (Å²) in [6, 6.07) is 13.1. The van der Waals surface area contributed by atoms with Gasteiger partial charge in [0.1, 0.15) is 11.6 Å². The second kappa shape index (κ2) is 8.53. The molecule has 0 aliphatic heterocycles. The van der Waals surface area contributed by atoms with Crippen molar-refractivity contribution < 1.29 is 14.5 Å². The number of rotatable bonds is 7. The van der Waals surface area contributed by atoms with E-state index in [9.17, 15) is 14.9 Å². The maximum atomic E-state index is 12.2. The van der Waals surface area contributed by atoms with Gasteiger partial charge in [0.25, 0.3) is 5.69 Å². The Morgan fingerprint density at radius 1 is 1.18 bits per heavy atom. The molecule has 28 heavy (non-hydrogen) atoms. The van der Waals surface area contributed by atoms with Crippen LogP contribution in [0.2, 0.25) is 0 Å². The molecular formula is C18H17N5O4S. The monoisotopic (exact) mass is 399 g/mol. The van der Waals surface area contributed by atoms with Crippen molar-refractivity contribution >= 4 is 29.0 Å². The Balaban J connectivity index is 1.65. The standard InChI is InChI=1S/C18H17N5O4S/c1-12-20-21-18(22(12)14-7-9-16(27-2)10-8-14)28-11-17(24)19-13-3-5-15(6-4-13)23(25)26/h3-10H,11H2,1-2H3,(H,19,24). The van der Waals surface area contributed by atoms with Crippen LogP contribution in [0.4, 0.5) is 11.4 Å². The highest BCUT2D eigenvalue weighted by Gasteiger charge is 2.14. The molecule has 1 N–H and O–H groups in total. The molecule has 0 spiro atoms. The van der Waals surface area contributed by atoms with E-state index < -0.39 is 4.92 Å². The van der Waals surface area contributed by atoms with Crippen LogP contribution in [0.5, 0.6) is 5.75 Å². The molecule has 1 amide bonds. The van der Waals surface area contributed by atoms with Gasteiger partial charge >= 0.3 is 0 Å². The predicted octanol–water partition coefficient (Wildman–Crippen LogP) is 3.22. The molecule has 144 valence electrons. The summed E-state index contributed by atoms with van der Waals surface area (Å²) in [5.41, 5.74) is 1.32. The minimum Gasteiger partial charge on any atom is -0.497 e. The number of nitro benzene ring substituents is 1. The molecule has 0 saturated heterocycles. The molecule has 2 aromatic carbocycles. The number of thioether (sulfide) groups is 1. The Morgan fingerprint density at radius 2 is 1.86 bits per heavy atom. The number of aromatic nitrogens is 3. The highest BCUT2D eigenvalue weighted by molar-refractivity contribution is 7.99. The van der Waals surface area contributed by atoms with Crippen LogP contribution in [0.3, 0.4) is 0 Å². The summed E-state index contributed by atoms with van der Waals surface area (Å²) in [5, 5.41) is 22.2. The molecule has 0 bridgehead atoms. The van der Waals surface area contributed by atoms with Crippen molar-refractivity contribution in [3.05, 3.63) is 64.5 Å². The van der Waals surface area contributed by atoms with Gasteiger partial charge in [-0.3, -0.25) is 19.5 Å². The molecule has 0 atom stereocenters. The number of nitrogens with zero attached hydrogens (tertiary/aromatic N) is 4. The number of aryl methyl sites for hydroxylation is 1. The van der Waals surface area contributed by atoms with Gasteiger partial charge in [-0.25, -0.2) is 0 Å². The number of carbonyl (C=O) groups is 1. The number of anilines is 1. The van der Waals surface area contributed by atoms with Crippen molar-refractivity contribution in [1.82, 2.24) is 14.8 Å². The number of benzene rings is 2. The Bertz CT molecular complexity index is 986. The fraction of sp³-hybridized carbons (Fsp3) is 0.167. The van der Waals surface area contributed by atoms with E-state index in [1.165, 1.54) is 36.0 Å². The largest absolute Gasteiger partial charge is 0.497 e. The van der Waals surface area contributed by atoms with Gasteiger partial charge in [-0.1, -0.05) is 11.8 Å². The molecule has 0 aliphatic rings. The fourth-order valence-corrected chi connectivity index (χ4v) is 3.26.